The highest BCUT2D eigenvalue weighted by molar-refractivity contribution is 7.92. The van der Waals surface area contributed by atoms with Crippen LogP contribution in [0.5, 0.6) is 5.75 Å². The van der Waals surface area contributed by atoms with Gasteiger partial charge in [0.2, 0.25) is 0 Å². The molecular formula is C20H22N2O3S. The summed E-state index contributed by atoms with van der Waals surface area (Å²) in [6, 6.07) is 14.6. The summed E-state index contributed by atoms with van der Waals surface area (Å²) in [6.07, 6.45) is 1.71. The molecule has 0 amide bonds. The van der Waals surface area contributed by atoms with Crippen molar-refractivity contribution in [1.29, 1.82) is 5.26 Å². The van der Waals surface area contributed by atoms with E-state index in [1.807, 2.05) is 32.0 Å². The highest BCUT2D eigenvalue weighted by Crippen LogP contribution is 2.47. The fraction of sp³-hybridized carbons (Fsp3) is 0.350. The first-order valence-electron chi connectivity index (χ1n) is 8.54. The van der Waals surface area contributed by atoms with Crippen LogP contribution in [0.2, 0.25) is 0 Å². The van der Waals surface area contributed by atoms with Crippen molar-refractivity contribution in [2.24, 2.45) is 0 Å². The second kappa shape index (κ2) is 6.65. The average Bonchev–Trinajstić information content (AvgIpc) is 3.42. The lowest BCUT2D eigenvalue weighted by Crippen LogP contribution is -2.15. The van der Waals surface area contributed by atoms with Gasteiger partial charge in [-0.05, 0) is 54.2 Å². The van der Waals surface area contributed by atoms with Crippen molar-refractivity contribution in [2.45, 2.75) is 42.9 Å². The van der Waals surface area contributed by atoms with Gasteiger partial charge in [-0.1, -0.05) is 32.0 Å². The van der Waals surface area contributed by atoms with E-state index in [0.29, 0.717) is 11.4 Å². The molecule has 0 aromatic heterocycles. The first-order valence-corrected chi connectivity index (χ1v) is 10.0. The number of hydrogen-bond donors (Lipinski definition) is 1. The summed E-state index contributed by atoms with van der Waals surface area (Å²) in [5.41, 5.74) is 1.93. The van der Waals surface area contributed by atoms with E-state index in [9.17, 15) is 13.7 Å². The predicted octanol–water partition coefficient (Wildman–Crippen LogP) is 4.17. The van der Waals surface area contributed by atoms with Crippen LogP contribution in [0, 0.1) is 11.3 Å². The zero-order valence-corrected chi connectivity index (χ0v) is 15.9. The Morgan fingerprint density at radius 1 is 1.15 bits per heavy atom. The molecule has 1 fully saturated rings. The minimum Gasteiger partial charge on any atom is -0.495 e. The largest absolute Gasteiger partial charge is 0.495 e. The Morgan fingerprint density at radius 3 is 2.31 bits per heavy atom. The summed E-state index contributed by atoms with van der Waals surface area (Å²) in [5.74, 6) is 0.509. The van der Waals surface area contributed by atoms with E-state index in [1.165, 1.54) is 7.11 Å². The Balaban J connectivity index is 1.90. The molecule has 0 unspecified atom stereocenters. The van der Waals surface area contributed by atoms with Crippen LogP contribution in [0.25, 0.3) is 0 Å². The molecule has 2 aromatic carbocycles. The van der Waals surface area contributed by atoms with Gasteiger partial charge in [-0.3, -0.25) is 4.72 Å². The summed E-state index contributed by atoms with van der Waals surface area (Å²) < 4.78 is 33.6. The lowest BCUT2D eigenvalue weighted by molar-refractivity contribution is 0.402. The third-order valence-corrected chi connectivity index (χ3v) is 6.20. The molecule has 0 heterocycles. The van der Waals surface area contributed by atoms with E-state index in [-0.39, 0.29) is 16.2 Å². The molecule has 1 saturated carbocycles. The van der Waals surface area contributed by atoms with Crippen molar-refractivity contribution in [2.75, 3.05) is 11.8 Å². The van der Waals surface area contributed by atoms with Crippen molar-refractivity contribution >= 4 is 15.7 Å². The van der Waals surface area contributed by atoms with E-state index in [4.69, 9.17) is 4.74 Å². The van der Waals surface area contributed by atoms with Gasteiger partial charge in [-0.25, -0.2) is 8.42 Å². The highest BCUT2D eigenvalue weighted by Gasteiger charge is 2.44. The van der Waals surface area contributed by atoms with Crippen LogP contribution in [-0.2, 0) is 15.4 Å². The summed E-state index contributed by atoms with van der Waals surface area (Å²) in [7, 11) is -2.34. The van der Waals surface area contributed by atoms with Crippen LogP contribution in [0.4, 0.5) is 5.69 Å². The number of nitriles is 1. The molecule has 136 valence electrons. The van der Waals surface area contributed by atoms with E-state index in [0.717, 1.165) is 24.0 Å². The standard InChI is InChI=1S/C20H22N2O3S/c1-14(2)15-4-9-18(25-3)19(12-15)26(23,24)22-17-7-5-16(6-8-17)20(13-21)10-11-20/h4-9,12,14,22H,10-11H2,1-3H3. The normalized spacial score (nSPS) is 15.3. The third-order valence-electron chi connectivity index (χ3n) is 4.80. The quantitative estimate of drug-likeness (QED) is 0.827. The van der Waals surface area contributed by atoms with Gasteiger partial charge in [0.25, 0.3) is 10.0 Å². The molecule has 6 heteroatoms. The molecule has 1 N–H and O–H groups in total. The molecule has 0 saturated heterocycles. The Bertz CT molecular complexity index is 954. The van der Waals surface area contributed by atoms with Gasteiger partial charge in [0.05, 0.1) is 18.6 Å². The number of nitrogens with one attached hydrogen (secondary N) is 1. The molecule has 0 aliphatic heterocycles. The maximum absolute atomic E-state index is 12.9. The number of methoxy groups -OCH3 is 1. The van der Waals surface area contributed by atoms with Gasteiger partial charge in [-0.2, -0.15) is 5.26 Å². The van der Waals surface area contributed by atoms with Crippen LogP contribution in [-0.4, -0.2) is 15.5 Å². The minimum absolute atomic E-state index is 0.117. The molecule has 26 heavy (non-hydrogen) atoms. The zero-order chi connectivity index (χ0) is 18.9. The number of benzene rings is 2. The molecular weight excluding hydrogens is 348 g/mol. The van der Waals surface area contributed by atoms with E-state index in [2.05, 4.69) is 10.8 Å². The van der Waals surface area contributed by atoms with Gasteiger partial charge >= 0.3 is 0 Å². The summed E-state index contributed by atoms with van der Waals surface area (Å²) >= 11 is 0. The smallest absolute Gasteiger partial charge is 0.265 e. The minimum atomic E-state index is -3.79. The SMILES string of the molecule is COc1ccc(C(C)C)cc1S(=O)(=O)Nc1ccc(C2(C#N)CC2)cc1. The Hall–Kier alpha value is -2.52. The summed E-state index contributed by atoms with van der Waals surface area (Å²) in [5, 5.41) is 9.27. The van der Waals surface area contributed by atoms with Gasteiger partial charge in [0, 0.05) is 5.69 Å². The predicted molar refractivity (Wildman–Crippen MR) is 101 cm³/mol. The second-order valence-corrected chi connectivity index (χ2v) is 8.59. The topological polar surface area (TPSA) is 79.2 Å². The van der Waals surface area contributed by atoms with Crippen molar-refractivity contribution in [3.63, 3.8) is 0 Å². The number of sulfonamides is 1. The Kier molecular flexibility index (Phi) is 4.68. The van der Waals surface area contributed by atoms with Crippen LogP contribution in [0.3, 0.4) is 0 Å². The van der Waals surface area contributed by atoms with Crippen LogP contribution >= 0.6 is 0 Å². The molecule has 5 nitrogen and oxygen atoms in total. The molecule has 0 spiro atoms. The molecule has 0 radical (unpaired) electrons. The second-order valence-electron chi connectivity index (χ2n) is 6.94. The molecule has 2 aromatic rings. The molecule has 0 bridgehead atoms. The van der Waals surface area contributed by atoms with E-state index >= 15 is 0 Å². The number of hydrogen-bond acceptors (Lipinski definition) is 4. The first kappa shape index (κ1) is 18.3. The maximum atomic E-state index is 12.9. The van der Waals surface area contributed by atoms with Crippen LogP contribution in [0.15, 0.2) is 47.4 Å². The number of ether oxygens (including phenoxy) is 1. The third kappa shape index (κ3) is 3.40. The Labute approximate surface area is 154 Å². The lowest BCUT2D eigenvalue weighted by Gasteiger charge is -2.15. The number of anilines is 1. The van der Waals surface area contributed by atoms with Gasteiger partial charge in [0.15, 0.2) is 0 Å². The molecule has 3 rings (SSSR count). The van der Waals surface area contributed by atoms with Crippen LogP contribution < -0.4 is 9.46 Å². The van der Waals surface area contributed by atoms with Gasteiger partial charge in [0.1, 0.15) is 10.6 Å². The van der Waals surface area contributed by atoms with Crippen molar-refractivity contribution in [3.8, 4) is 11.8 Å². The maximum Gasteiger partial charge on any atom is 0.265 e. The molecule has 0 atom stereocenters. The van der Waals surface area contributed by atoms with Gasteiger partial charge < -0.3 is 4.74 Å². The molecule has 1 aliphatic rings. The summed E-state index contributed by atoms with van der Waals surface area (Å²) in [4.78, 5) is 0.117. The number of nitrogens with zero attached hydrogens (tertiary/aromatic N) is 1. The van der Waals surface area contributed by atoms with E-state index in [1.54, 1.807) is 24.3 Å². The summed E-state index contributed by atoms with van der Waals surface area (Å²) in [6.45, 7) is 4.01. The average molecular weight is 370 g/mol. The highest BCUT2D eigenvalue weighted by atomic mass is 32.2. The van der Waals surface area contributed by atoms with Crippen LogP contribution in [0.1, 0.15) is 43.7 Å². The Morgan fingerprint density at radius 2 is 1.81 bits per heavy atom. The van der Waals surface area contributed by atoms with Gasteiger partial charge in [-0.15, -0.1) is 0 Å². The van der Waals surface area contributed by atoms with Crippen molar-refractivity contribution in [3.05, 3.63) is 53.6 Å². The fourth-order valence-electron chi connectivity index (χ4n) is 2.92. The zero-order valence-electron chi connectivity index (χ0n) is 15.1. The van der Waals surface area contributed by atoms with E-state index < -0.39 is 10.0 Å². The van der Waals surface area contributed by atoms with Crippen molar-refractivity contribution < 1.29 is 13.2 Å². The lowest BCUT2D eigenvalue weighted by atomic mass is 9.98. The first-order chi connectivity index (χ1) is 12.3. The number of rotatable bonds is 6. The monoisotopic (exact) mass is 370 g/mol. The van der Waals surface area contributed by atoms with Crippen molar-refractivity contribution in [1.82, 2.24) is 0 Å². The molecule has 1 aliphatic carbocycles. The fourth-order valence-corrected chi connectivity index (χ4v) is 4.18.